The van der Waals surface area contributed by atoms with Crippen molar-refractivity contribution in [2.24, 2.45) is 7.05 Å². The summed E-state index contributed by atoms with van der Waals surface area (Å²) in [5.74, 6) is 0. The zero-order valence-corrected chi connectivity index (χ0v) is 7.97. The summed E-state index contributed by atoms with van der Waals surface area (Å²) in [6.45, 7) is 1.90. The summed E-state index contributed by atoms with van der Waals surface area (Å²) in [6, 6.07) is -1.62. The molecule has 14 heavy (non-hydrogen) atoms. The third-order valence-electron chi connectivity index (χ3n) is 1.79. The lowest BCUT2D eigenvalue weighted by molar-refractivity contribution is -0.157. The van der Waals surface area contributed by atoms with Crippen molar-refractivity contribution in [1.82, 2.24) is 15.1 Å². The Bertz CT molecular complexity index is 292. The lowest BCUT2D eigenvalue weighted by atomic mass is 10.1. The van der Waals surface area contributed by atoms with E-state index in [1.807, 2.05) is 0 Å². The van der Waals surface area contributed by atoms with Crippen LogP contribution in [0.15, 0.2) is 12.4 Å². The Kier molecular flexibility index (Phi) is 3.15. The van der Waals surface area contributed by atoms with E-state index in [0.717, 1.165) is 0 Å². The number of nitrogens with zero attached hydrogens (tertiary/aromatic N) is 2. The predicted octanol–water partition coefficient (Wildman–Crippen LogP) is 1.63. The van der Waals surface area contributed by atoms with Crippen molar-refractivity contribution in [3.63, 3.8) is 0 Å². The highest BCUT2D eigenvalue weighted by molar-refractivity contribution is 5.12. The molecule has 0 aliphatic rings. The second kappa shape index (κ2) is 4.00. The maximum absolute atomic E-state index is 12.5. The minimum absolute atomic E-state index is 0.141. The largest absolute Gasteiger partial charge is 0.408 e. The van der Waals surface area contributed by atoms with Gasteiger partial charge < -0.3 is 5.32 Å². The lowest BCUT2D eigenvalue weighted by Crippen LogP contribution is -2.33. The van der Waals surface area contributed by atoms with Crippen LogP contribution in [-0.4, -0.2) is 22.5 Å². The number of halogens is 3. The summed E-state index contributed by atoms with van der Waals surface area (Å²) in [5.41, 5.74) is 0.141. The maximum Gasteiger partial charge on any atom is 0.408 e. The van der Waals surface area contributed by atoms with Gasteiger partial charge in [0.05, 0.1) is 6.20 Å². The third-order valence-corrected chi connectivity index (χ3v) is 1.79. The fraction of sp³-hybridized carbons (Fsp3) is 0.625. The van der Waals surface area contributed by atoms with Crippen molar-refractivity contribution in [2.45, 2.75) is 19.1 Å². The van der Waals surface area contributed by atoms with Crippen LogP contribution in [0.25, 0.3) is 0 Å². The average Bonchev–Trinajstić information content (AvgIpc) is 2.45. The second-order valence-electron chi connectivity index (χ2n) is 2.98. The Morgan fingerprint density at radius 3 is 2.57 bits per heavy atom. The number of hydrogen-bond donors (Lipinski definition) is 1. The van der Waals surface area contributed by atoms with Gasteiger partial charge in [-0.05, 0) is 6.54 Å². The molecule has 6 heteroatoms. The minimum atomic E-state index is -4.28. The van der Waals surface area contributed by atoms with Crippen LogP contribution in [0, 0.1) is 0 Å². The zero-order chi connectivity index (χ0) is 10.8. The number of rotatable bonds is 3. The second-order valence-corrected chi connectivity index (χ2v) is 2.98. The quantitative estimate of drug-likeness (QED) is 0.816. The van der Waals surface area contributed by atoms with Gasteiger partial charge in [-0.1, -0.05) is 6.92 Å². The van der Waals surface area contributed by atoms with Crippen molar-refractivity contribution in [1.29, 1.82) is 0 Å². The Morgan fingerprint density at radius 2 is 2.21 bits per heavy atom. The van der Waals surface area contributed by atoms with Crippen molar-refractivity contribution < 1.29 is 13.2 Å². The summed E-state index contributed by atoms with van der Waals surface area (Å²) in [5, 5.41) is 6.08. The molecule has 0 aromatic carbocycles. The fourth-order valence-corrected chi connectivity index (χ4v) is 1.22. The van der Waals surface area contributed by atoms with Gasteiger partial charge in [0.1, 0.15) is 6.04 Å². The topological polar surface area (TPSA) is 29.9 Å². The highest BCUT2D eigenvalue weighted by Gasteiger charge is 2.40. The van der Waals surface area contributed by atoms with Crippen LogP contribution in [0.3, 0.4) is 0 Å². The van der Waals surface area contributed by atoms with Gasteiger partial charge in [-0.2, -0.15) is 18.3 Å². The molecule has 1 unspecified atom stereocenters. The summed E-state index contributed by atoms with van der Waals surface area (Å²) in [6.07, 6.45) is -1.69. The minimum Gasteiger partial charge on any atom is -0.303 e. The van der Waals surface area contributed by atoms with Crippen molar-refractivity contribution in [3.8, 4) is 0 Å². The molecule has 0 radical (unpaired) electrons. The van der Waals surface area contributed by atoms with Gasteiger partial charge in [0.25, 0.3) is 0 Å². The number of alkyl halides is 3. The number of aromatic nitrogens is 2. The van der Waals surface area contributed by atoms with Gasteiger partial charge in [0.2, 0.25) is 0 Å². The van der Waals surface area contributed by atoms with Gasteiger partial charge in [-0.3, -0.25) is 4.68 Å². The number of hydrogen-bond acceptors (Lipinski definition) is 2. The van der Waals surface area contributed by atoms with E-state index >= 15 is 0 Å². The highest BCUT2D eigenvalue weighted by atomic mass is 19.4. The molecular weight excluding hydrogens is 195 g/mol. The van der Waals surface area contributed by atoms with Crippen LogP contribution >= 0.6 is 0 Å². The third kappa shape index (κ3) is 2.47. The molecule has 1 heterocycles. The monoisotopic (exact) mass is 207 g/mol. The van der Waals surface area contributed by atoms with E-state index in [2.05, 4.69) is 10.4 Å². The molecule has 0 aliphatic heterocycles. The SMILES string of the molecule is CCNC(c1cnn(C)c1)C(F)(F)F. The van der Waals surface area contributed by atoms with Gasteiger partial charge in [-0.15, -0.1) is 0 Å². The van der Waals surface area contributed by atoms with Crippen molar-refractivity contribution in [3.05, 3.63) is 18.0 Å². The fourth-order valence-electron chi connectivity index (χ4n) is 1.22. The van der Waals surface area contributed by atoms with Crippen LogP contribution in [-0.2, 0) is 7.05 Å². The maximum atomic E-state index is 12.5. The van der Waals surface area contributed by atoms with Gasteiger partial charge in [-0.25, -0.2) is 0 Å². The molecule has 80 valence electrons. The molecular formula is C8H12F3N3. The first-order chi connectivity index (χ1) is 6.45. The number of nitrogens with one attached hydrogen (secondary N) is 1. The summed E-state index contributed by atoms with van der Waals surface area (Å²) < 4.78 is 38.9. The molecule has 0 aliphatic carbocycles. The molecule has 0 bridgehead atoms. The molecule has 1 N–H and O–H groups in total. The average molecular weight is 207 g/mol. The van der Waals surface area contributed by atoms with E-state index in [1.165, 1.54) is 17.1 Å². The summed E-state index contributed by atoms with van der Waals surface area (Å²) in [7, 11) is 1.59. The Balaban J connectivity index is 2.88. The molecule has 3 nitrogen and oxygen atoms in total. The van der Waals surface area contributed by atoms with Crippen molar-refractivity contribution >= 4 is 0 Å². The Labute approximate surface area is 79.9 Å². The van der Waals surface area contributed by atoms with E-state index in [1.54, 1.807) is 14.0 Å². The van der Waals surface area contributed by atoms with E-state index in [-0.39, 0.29) is 12.1 Å². The van der Waals surface area contributed by atoms with E-state index in [9.17, 15) is 13.2 Å². The van der Waals surface area contributed by atoms with Gasteiger partial charge >= 0.3 is 6.18 Å². The van der Waals surface area contributed by atoms with Gasteiger partial charge in [0.15, 0.2) is 0 Å². The summed E-state index contributed by atoms with van der Waals surface area (Å²) >= 11 is 0. The van der Waals surface area contributed by atoms with Gasteiger partial charge in [0, 0.05) is 18.8 Å². The Morgan fingerprint density at radius 1 is 1.57 bits per heavy atom. The van der Waals surface area contributed by atoms with E-state index < -0.39 is 12.2 Å². The first-order valence-corrected chi connectivity index (χ1v) is 4.23. The zero-order valence-electron chi connectivity index (χ0n) is 7.97. The predicted molar refractivity (Wildman–Crippen MR) is 45.7 cm³/mol. The smallest absolute Gasteiger partial charge is 0.303 e. The van der Waals surface area contributed by atoms with Crippen LogP contribution in [0.2, 0.25) is 0 Å². The molecule has 0 saturated carbocycles. The van der Waals surface area contributed by atoms with Crippen molar-refractivity contribution in [2.75, 3.05) is 6.54 Å². The molecule has 1 atom stereocenters. The molecule has 0 fully saturated rings. The molecule has 1 aromatic rings. The lowest BCUT2D eigenvalue weighted by Gasteiger charge is -2.19. The normalized spacial score (nSPS) is 14.4. The molecule has 1 aromatic heterocycles. The molecule has 1 rings (SSSR count). The first kappa shape index (κ1) is 11.0. The Hall–Kier alpha value is -1.04. The van der Waals surface area contributed by atoms with Crippen LogP contribution in [0.5, 0.6) is 0 Å². The number of aryl methyl sites for hydroxylation is 1. The first-order valence-electron chi connectivity index (χ1n) is 4.23. The standard InChI is InChI=1S/C8H12F3N3/c1-3-12-7(8(9,10)11)6-4-13-14(2)5-6/h4-5,7,12H,3H2,1-2H3. The van der Waals surface area contributed by atoms with Crippen LogP contribution in [0.1, 0.15) is 18.5 Å². The highest BCUT2D eigenvalue weighted by Crippen LogP contribution is 2.31. The molecule has 0 saturated heterocycles. The van der Waals surface area contributed by atoms with E-state index in [4.69, 9.17) is 0 Å². The summed E-state index contributed by atoms with van der Waals surface area (Å²) in [4.78, 5) is 0. The van der Waals surface area contributed by atoms with Crippen LogP contribution in [0.4, 0.5) is 13.2 Å². The van der Waals surface area contributed by atoms with E-state index in [0.29, 0.717) is 0 Å². The molecule has 0 spiro atoms. The molecule has 0 amide bonds. The van der Waals surface area contributed by atoms with Crippen LogP contribution < -0.4 is 5.32 Å².